The van der Waals surface area contributed by atoms with E-state index in [1.54, 1.807) is 9.80 Å². The van der Waals surface area contributed by atoms with Crippen molar-refractivity contribution >= 4 is 37.2 Å². The quantitative estimate of drug-likeness (QED) is 0.150. The molecule has 1 unspecified atom stereocenters. The molecule has 0 aromatic heterocycles. The third kappa shape index (κ3) is 6.44. The molecule has 49 heavy (non-hydrogen) atoms. The van der Waals surface area contributed by atoms with Crippen molar-refractivity contribution in [2.75, 3.05) is 36.2 Å². The van der Waals surface area contributed by atoms with E-state index in [4.69, 9.17) is 9.47 Å². The predicted octanol–water partition coefficient (Wildman–Crippen LogP) is 4.76. The van der Waals surface area contributed by atoms with Crippen molar-refractivity contribution in [1.82, 2.24) is 5.32 Å². The summed E-state index contributed by atoms with van der Waals surface area (Å²) in [7, 11) is -2.88. The molecule has 6 rings (SSSR count). The van der Waals surface area contributed by atoms with Crippen molar-refractivity contribution in [3.05, 3.63) is 83.4 Å². The van der Waals surface area contributed by atoms with Crippen LogP contribution in [0.2, 0.25) is 18.6 Å². The number of amides is 2. The number of benzene rings is 3. The minimum Gasteiger partial charge on any atom is -0.494 e. The summed E-state index contributed by atoms with van der Waals surface area (Å²) in [5.41, 5.74) is 2.96. The second kappa shape index (κ2) is 14.3. The van der Waals surface area contributed by atoms with Crippen LogP contribution in [0.15, 0.2) is 66.7 Å². The molecule has 11 heteroatoms. The van der Waals surface area contributed by atoms with Gasteiger partial charge in [0.1, 0.15) is 5.75 Å². The number of hydrogen-bond donors (Lipinski definition) is 4. The van der Waals surface area contributed by atoms with Crippen LogP contribution in [0.4, 0.5) is 17.1 Å². The third-order valence-corrected chi connectivity index (χ3v) is 12.8. The van der Waals surface area contributed by atoms with Gasteiger partial charge < -0.3 is 34.7 Å². The van der Waals surface area contributed by atoms with E-state index in [1.165, 1.54) is 0 Å². The maximum atomic E-state index is 14.8. The lowest BCUT2D eigenvalue weighted by molar-refractivity contribution is -0.146. The molecule has 3 heterocycles. The van der Waals surface area contributed by atoms with E-state index in [0.29, 0.717) is 55.9 Å². The van der Waals surface area contributed by atoms with Crippen LogP contribution >= 0.6 is 0 Å². The molecule has 3 aliphatic rings. The lowest BCUT2D eigenvalue weighted by Crippen LogP contribution is -2.49. The molecule has 3 aromatic rings. The standard InChI is InChI=1S/C38H49N3O7Si/c1-5-47-29-14-16-32-27(21-29)22-31(39-18-9-10-19-42)36(44)41(32)28-13-15-33-30(23-28)38(37(45)40(33)24-26-11-7-6-8-12-26)25(2)35(49(3,4)46)34(48-38)17-20-43/h6-8,11-16,21,23,25,31,34-35,39,42-43,46H,5,9-10,17-20,22,24H2,1-4H3/t25-,31?,34+,35-,38+/m0/s1. The molecule has 3 aromatic carbocycles. The maximum absolute atomic E-state index is 14.8. The van der Waals surface area contributed by atoms with E-state index in [0.717, 1.165) is 29.0 Å². The van der Waals surface area contributed by atoms with E-state index in [1.807, 2.05) is 93.7 Å². The molecule has 0 aliphatic carbocycles. The second-order valence-corrected chi connectivity index (χ2v) is 18.0. The summed E-state index contributed by atoms with van der Waals surface area (Å²) >= 11 is 0. The number of aliphatic hydroxyl groups is 2. The topological polar surface area (TPSA) is 132 Å². The molecule has 1 saturated heterocycles. The van der Waals surface area contributed by atoms with Crippen LogP contribution in [0.3, 0.4) is 0 Å². The number of anilines is 3. The molecule has 5 atom stereocenters. The highest BCUT2D eigenvalue weighted by atomic mass is 28.4. The van der Waals surface area contributed by atoms with Crippen molar-refractivity contribution in [2.45, 2.75) is 82.5 Å². The Balaban J connectivity index is 1.48. The highest BCUT2D eigenvalue weighted by Crippen LogP contribution is 2.60. The number of unbranched alkanes of at least 4 members (excludes halogenated alkanes) is 1. The smallest absolute Gasteiger partial charge is 0.264 e. The molecule has 1 fully saturated rings. The van der Waals surface area contributed by atoms with Crippen LogP contribution in [-0.2, 0) is 32.9 Å². The van der Waals surface area contributed by atoms with Gasteiger partial charge in [0.05, 0.1) is 36.7 Å². The van der Waals surface area contributed by atoms with E-state index in [2.05, 4.69) is 5.32 Å². The maximum Gasteiger partial charge on any atom is 0.264 e. The van der Waals surface area contributed by atoms with Crippen molar-refractivity contribution in [2.24, 2.45) is 5.92 Å². The van der Waals surface area contributed by atoms with Crippen molar-refractivity contribution in [3.63, 3.8) is 0 Å². The zero-order chi connectivity index (χ0) is 34.9. The van der Waals surface area contributed by atoms with Crippen molar-refractivity contribution in [3.8, 4) is 5.75 Å². The number of fused-ring (bicyclic) bond motifs is 3. The fourth-order valence-electron chi connectivity index (χ4n) is 8.25. The molecule has 0 bridgehead atoms. The van der Waals surface area contributed by atoms with Gasteiger partial charge in [-0.2, -0.15) is 0 Å². The molecule has 3 aliphatic heterocycles. The lowest BCUT2D eigenvalue weighted by Gasteiger charge is -2.36. The first-order valence-corrected chi connectivity index (χ1v) is 20.5. The fraction of sp³-hybridized carbons (Fsp3) is 0.474. The van der Waals surface area contributed by atoms with Crippen LogP contribution in [0, 0.1) is 5.92 Å². The molecule has 1 spiro atoms. The molecule has 10 nitrogen and oxygen atoms in total. The minimum atomic E-state index is -2.88. The van der Waals surface area contributed by atoms with Gasteiger partial charge >= 0.3 is 0 Å². The van der Waals surface area contributed by atoms with Gasteiger partial charge in [-0.1, -0.05) is 37.3 Å². The first-order chi connectivity index (χ1) is 23.5. The summed E-state index contributed by atoms with van der Waals surface area (Å²) in [6.07, 6.45) is 1.67. The highest BCUT2D eigenvalue weighted by Gasteiger charge is 2.66. The van der Waals surface area contributed by atoms with Crippen LogP contribution in [-0.4, -0.2) is 73.7 Å². The van der Waals surface area contributed by atoms with Gasteiger partial charge in [0, 0.05) is 35.9 Å². The van der Waals surface area contributed by atoms with E-state index in [9.17, 15) is 24.6 Å². The lowest BCUT2D eigenvalue weighted by atomic mass is 9.82. The number of carbonyl (C=O) groups excluding carboxylic acids is 2. The largest absolute Gasteiger partial charge is 0.494 e. The third-order valence-electron chi connectivity index (χ3n) is 10.3. The van der Waals surface area contributed by atoms with Crippen LogP contribution in [0.25, 0.3) is 0 Å². The van der Waals surface area contributed by atoms with Gasteiger partial charge in [-0.05, 0) is 99.8 Å². The molecule has 2 amide bonds. The van der Waals surface area contributed by atoms with Gasteiger partial charge in [-0.15, -0.1) is 0 Å². The Bertz CT molecular complexity index is 1660. The second-order valence-electron chi connectivity index (χ2n) is 14.0. The summed E-state index contributed by atoms with van der Waals surface area (Å²) < 4.78 is 12.7. The SMILES string of the molecule is CCOc1ccc2c(c1)CC(NCCCCO)C(=O)N2c1ccc2c(c1)[C@@]1(O[C@H](CCO)[C@@H]([Si](C)(C)O)[C@@H]1C)C(=O)N2Cc1ccccc1. The fourth-order valence-corrected chi connectivity index (χ4v) is 10.8. The summed E-state index contributed by atoms with van der Waals surface area (Å²) in [4.78, 5) is 44.2. The normalized spacial score (nSPS) is 24.9. The Morgan fingerprint density at radius 3 is 2.45 bits per heavy atom. The number of aliphatic hydroxyl groups excluding tert-OH is 2. The monoisotopic (exact) mass is 687 g/mol. The number of carbonyl (C=O) groups is 2. The summed E-state index contributed by atoms with van der Waals surface area (Å²) in [5.74, 6) is 0.0295. The molecular weight excluding hydrogens is 639 g/mol. The van der Waals surface area contributed by atoms with Gasteiger partial charge in [0.25, 0.3) is 5.91 Å². The Hall–Kier alpha value is -3.58. The Labute approximate surface area is 289 Å². The Morgan fingerprint density at radius 2 is 1.76 bits per heavy atom. The van der Waals surface area contributed by atoms with Crippen molar-refractivity contribution in [1.29, 1.82) is 0 Å². The Kier molecular flexibility index (Phi) is 10.3. The first-order valence-electron chi connectivity index (χ1n) is 17.5. The van der Waals surface area contributed by atoms with E-state index in [-0.39, 0.29) is 30.6 Å². The average molecular weight is 688 g/mol. The zero-order valence-electron chi connectivity index (χ0n) is 28.9. The summed E-state index contributed by atoms with van der Waals surface area (Å²) in [6.45, 7) is 9.07. The molecule has 262 valence electrons. The number of hydrogen-bond acceptors (Lipinski definition) is 8. The zero-order valence-corrected chi connectivity index (χ0v) is 29.9. The number of nitrogens with one attached hydrogen (secondary N) is 1. The Morgan fingerprint density at radius 1 is 1.00 bits per heavy atom. The number of rotatable bonds is 13. The minimum absolute atomic E-state index is 0.0975. The summed E-state index contributed by atoms with van der Waals surface area (Å²) in [6, 6.07) is 20.8. The number of nitrogens with zero attached hydrogens (tertiary/aromatic N) is 2. The van der Waals surface area contributed by atoms with Crippen LogP contribution in [0.5, 0.6) is 5.75 Å². The first kappa shape index (κ1) is 35.3. The van der Waals surface area contributed by atoms with Crippen LogP contribution in [0.1, 0.15) is 49.8 Å². The van der Waals surface area contributed by atoms with Crippen molar-refractivity contribution < 1.29 is 34.1 Å². The van der Waals surface area contributed by atoms with Crippen LogP contribution < -0.4 is 19.9 Å². The summed E-state index contributed by atoms with van der Waals surface area (Å²) in [5, 5.41) is 22.7. The highest BCUT2D eigenvalue weighted by molar-refractivity contribution is 6.71. The predicted molar refractivity (Wildman–Crippen MR) is 192 cm³/mol. The molecular formula is C38H49N3O7Si. The van der Waals surface area contributed by atoms with Gasteiger partial charge in [-0.3, -0.25) is 14.5 Å². The van der Waals surface area contributed by atoms with E-state index < -0.39 is 32.0 Å². The molecule has 0 saturated carbocycles. The average Bonchev–Trinajstić information content (AvgIpc) is 3.50. The van der Waals surface area contributed by atoms with Gasteiger partial charge in [0.15, 0.2) is 13.9 Å². The van der Waals surface area contributed by atoms with Gasteiger partial charge in [-0.25, -0.2) is 0 Å². The van der Waals surface area contributed by atoms with Gasteiger partial charge in [0.2, 0.25) is 5.91 Å². The van der Waals surface area contributed by atoms with E-state index >= 15 is 0 Å². The molecule has 0 radical (unpaired) electrons. The molecule has 4 N–H and O–H groups in total. The number of ether oxygens (including phenoxy) is 2.